The van der Waals surface area contributed by atoms with Gasteiger partial charge in [-0.25, -0.2) is 4.79 Å². The number of hydrogen-bond donors (Lipinski definition) is 0. The van der Waals surface area contributed by atoms with E-state index in [-0.39, 0.29) is 12.4 Å². The maximum absolute atomic E-state index is 11.9. The van der Waals surface area contributed by atoms with Gasteiger partial charge in [0.25, 0.3) is 0 Å². The maximum atomic E-state index is 11.9. The van der Waals surface area contributed by atoms with Crippen LogP contribution >= 0.6 is 11.6 Å². The number of hydrogen-bond acceptors (Lipinski definition) is 3. The molecule has 0 aliphatic heterocycles. The molecular formula is C15H17ClO3. The van der Waals surface area contributed by atoms with Crippen LogP contribution in [0.15, 0.2) is 40.9 Å². The van der Waals surface area contributed by atoms with Crippen molar-refractivity contribution in [2.24, 2.45) is 0 Å². The highest BCUT2D eigenvalue weighted by Gasteiger charge is 2.14. The van der Waals surface area contributed by atoms with Gasteiger partial charge in [-0.05, 0) is 25.8 Å². The van der Waals surface area contributed by atoms with E-state index < -0.39 is 5.97 Å². The van der Waals surface area contributed by atoms with E-state index in [4.69, 9.17) is 16.3 Å². The predicted octanol–water partition coefficient (Wildman–Crippen LogP) is 3.61. The zero-order chi connectivity index (χ0) is 14.3. The second kappa shape index (κ2) is 7.74. The molecule has 1 aromatic rings. The van der Waals surface area contributed by atoms with Gasteiger partial charge in [-0.2, -0.15) is 0 Å². The summed E-state index contributed by atoms with van der Waals surface area (Å²) in [6, 6.07) is 9.40. The fraction of sp³-hybridized carbons (Fsp3) is 0.333. The highest BCUT2D eigenvalue weighted by atomic mass is 35.5. The summed E-state index contributed by atoms with van der Waals surface area (Å²) in [6.07, 6.45) is 0.609. The Morgan fingerprint density at radius 3 is 2.26 bits per heavy atom. The predicted molar refractivity (Wildman–Crippen MR) is 74.7 cm³/mol. The summed E-state index contributed by atoms with van der Waals surface area (Å²) in [4.78, 5) is 22.8. The fourth-order valence-electron chi connectivity index (χ4n) is 1.53. The van der Waals surface area contributed by atoms with E-state index in [0.29, 0.717) is 23.4 Å². The third-order valence-corrected chi connectivity index (χ3v) is 2.83. The average Bonchev–Trinajstić information content (AvgIpc) is 2.37. The number of Topliss-reactive ketones (excluding diaryl/α,β-unsaturated/α-hetero) is 1. The van der Waals surface area contributed by atoms with E-state index in [1.807, 2.05) is 30.3 Å². The molecule has 4 heteroatoms. The molecule has 0 aromatic heterocycles. The topological polar surface area (TPSA) is 43.4 Å². The van der Waals surface area contributed by atoms with Gasteiger partial charge >= 0.3 is 5.97 Å². The first kappa shape index (κ1) is 15.4. The van der Waals surface area contributed by atoms with Crippen LogP contribution in [-0.4, -0.2) is 11.8 Å². The molecule has 0 aliphatic rings. The number of esters is 1. The van der Waals surface area contributed by atoms with Crippen molar-refractivity contribution in [3.05, 3.63) is 46.5 Å². The lowest BCUT2D eigenvalue weighted by Gasteiger charge is -2.08. The van der Waals surface area contributed by atoms with Crippen LogP contribution in [0.25, 0.3) is 0 Å². The minimum absolute atomic E-state index is 0.0197. The summed E-state index contributed by atoms with van der Waals surface area (Å²) < 4.78 is 5.19. The van der Waals surface area contributed by atoms with Crippen LogP contribution in [0, 0.1) is 0 Å². The van der Waals surface area contributed by atoms with Crippen molar-refractivity contribution in [3.63, 3.8) is 0 Å². The lowest BCUT2D eigenvalue weighted by Crippen LogP contribution is -2.10. The molecular weight excluding hydrogens is 264 g/mol. The van der Waals surface area contributed by atoms with Crippen molar-refractivity contribution in [2.75, 3.05) is 0 Å². The number of rotatable bonds is 6. The van der Waals surface area contributed by atoms with Gasteiger partial charge in [0.05, 0.1) is 5.57 Å². The van der Waals surface area contributed by atoms with Gasteiger partial charge in [-0.3, -0.25) is 0 Å². The quantitative estimate of drug-likeness (QED) is 0.590. The molecule has 19 heavy (non-hydrogen) atoms. The molecule has 0 heterocycles. The molecule has 1 rings (SSSR count). The Labute approximate surface area is 118 Å². The first-order valence-electron chi connectivity index (χ1n) is 6.06. The molecule has 0 spiro atoms. The van der Waals surface area contributed by atoms with Gasteiger partial charge in [0.1, 0.15) is 12.4 Å². The Morgan fingerprint density at radius 1 is 1.11 bits per heavy atom. The number of ketones is 1. The van der Waals surface area contributed by atoms with Gasteiger partial charge in [-0.15, -0.1) is 0 Å². The third-order valence-electron chi connectivity index (χ3n) is 2.60. The fourth-order valence-corrected chi connectivity index (χ4v) is 1.70. The molecule has 0 aliphatic carbocycles. The summed E-state index contributed by atoms with van der Waals surface area (Å²) in [7, 11) is 0. The highest BCUT2D eigenvalue weighted by Crippen LogP contribution is 2.17. The third kappa shape index (κ3) is 5.71. The van der Waals surface area contributed by atoms with Gasteiger partial charge < -0.3 is 9.53 Å². The molecule has 0 bridgehead atoms. The van der Waals surface area contributed by atoms with E-state index in [1.165, 1.54) is 6.92 Å². The van der Waals surface area contributed by atoms with Crippen molar-refractivity contribution in [1.29, 1.82) is 0 Å². The highest BCUT2D eigenvalue weighted by molar-refractivity contribution is 6.31. The molecule has 3 nitrogen and oxygen atoms in total. The molecule has 0 saturated carbocycles. The summed E-state index contributed by atoms with van der Waals surface area (Å²) in [5.41, 5.74) is 1.28. The number of ether oxygens (including phenoxy) is 1. The first-order valence-corrected chi connectivity index (χ1v) is 6.44. The molecule has 0 saturated heterocycles. The maximum Gasteiger partial charge on any atom is 0.335 e. The SMILES string of the molecule is CC(=O)CC/C(C(=O)OCc1ccccc1)=C(\C)Cl. The van der Waals surface area contributed by atoms with E-state index in [1.54, 1.807) is 6.92 Å². The number of carbonyl (C=O) groups excluding carboxylic acids is 2. The number of halogens is 1. The van der Waals surface area contributed by atoms with Crippen molar-refractivity contribution in [3.8, 4) is 0 Å². The van der Waals surface area contributed by atoms with Crippen molar-refractivity contribution in [2.45, 2.75) is 33.3 Å². The molecule has 1 aromatic carbocycles. The van der Waals surface area contributed by atoms with E-state index in [0.717, 1.165) is 5.56 Å². The van der Waals surface area contributed by atoms with Crippen LogP contribution in [-0.2, 0) is 20.9 Å². The summed E-state index contributed by atoms with van der Waals surface area (Å²) in [5.74, 6) is -0.441. The van der Waals surface area contributed by atoms with Gasteiger partial charge in [0.2, 0.25) is 0 Å². The molecule has 102 valence electrons. The Kier molecular flexibility index (Phi) is 6.30. The van der Waals surface area contributed by atoms with Crippen LogP contribution in [0.3, 0.4) is 0 Å². The van der Waals surface area contributed by atoms with Crippen LogP contribution < -0.4 is 0 Å². The van der Waals surface area contributed by atoms with Gasteiger partial charge in [0, 0.05) is 11.5 Å². The van der Waals surface area contributed by atoms with Crippen LogP contribution in [0.2, 0.25) is 0 Å². The van der Waals surface area contributed by atoms with Crippen LogP contribution in [0.1, 0.15) is 32.3 Å². The lowest BCUT2D eigenvalue weighted by molar-refractivity contribution is -0.140. The number of allylic oxidation sites excluding steroid dienone is 1. The summed E-state index contributed by atoms with van der Waals surface area (Å²) in [5, 5.41) is 0.374. The Bertz CT molecular complexity index is 473. The van der Waals surface area contributed by atoms with E-state index in [2.05, 4.69) is 0 Å². The number of benzene rings is 1. The second-order valence-electron chi connectivity index (χ2n) is 4.28. The summed E-state index contributed by atoms with van der Waals surface area (Å²) in [6.45, 7) is 3.31. The molecule has 0 N–H and O–H groups in total. The smallest absolute Gasteiger partial charge is 0.335 e. The molecule has 0 fully saturated rings. The molecule has 0 radical (unpaired) electrons. The zero-order valence-corrected chi connectivity index (χ0v) is 11.9. The van der Waals surface area contributed by atoms with Crippen LogP contribution in [0.4, 0.5) is 0 Å². The van der Waals surface area contributed by atoms with E-state index >= 15 is 0 Å². The molecule has 0 amide bonds. The van der Waals surface area contributed by atoms with Crippen molar-refractivity contribution in [1.82, 2.24) is 0 Å². The minimum Gasteiger partial charge on any atom is -0.457 e. The van der Waals surface area contributed by atoms with Crippen LogP contribution in [0.5, 0.6) is 0 Å². The van der Waals surface area contributed by atoms with Crippen molar-refractivity contribution >= 4 is 23.4 Å². The Morgan fingerprint density at radius 2 is 1.74 bits per heavy atom. The second-order valence-corrected chi connectivity index (χ2v) is 4.84. The van der Waals surface area contributed by atoms with Gasteiger partial charge in [0.15, 0.2) is 0 Å². The average molecular weight is 281 g/mol. The van der Waals surface area contributed by atoms with E-state index in [9.17, 15) is 9.59 Å². The standard InChI is InChI=1S/C15H17ClO3/c1-11(17)8-9-14(12(2)16)15(18)19-10-13-6-4-3-5-7-13/h3-7H,8-10H2,1-2H3/b14-12-. The monoisotopic (exact) mass is 280 g/mol. The van der Waals surface area contributed by atoms with Gasteiger partial charge in [-0.1, -0.05) is 41.9 Å². The summed E-state index contributed by atoms with van der Waals surface area (Å²) >= 11 is 5.87. The first-order chi connectivity index (χ1) is 9.00. The zero-order valence-electron chi connectivity index (χ0n) is 11.1. The minimum atomic E-state index is -0.461. The molecule has 0 atom stereocenters. The Hall–Kier alpha value is -1.61. The van der Waals surface area contributed by atoms with Crippen molar-refractivity contribution < 1.29 is 14.3 Å². The number of carbonyl (C=O) groups is 2. The Balaban J connectivity index is 2.59. The largest absolute Gasteiger partial charge is 0.457 e. The lowest BCUT2D eigenvalue weighted by atomic mass is 10.1. The normalized spacial score (nSPS) is 11.7. The molecule has 0 unspecified atom stereocenters.